The molecule has 0 aliphatic carbocycles. The number of amides is 1. The van der Waals surface area contributed by atoms with E-state index >= 15 is 0 Å². The number of primary amides is 1. The molecule has 1 heterocycles. The van der Waals surface area contributed by atoms with E-state index in [4.69, 9.17) is 28.4 Å². The Hall–Kier alpha value is -1.66. The highest BCUT2D eigenvalue weighted by molar-refractivity contribution is 7.80. The molecule has 0 spiro atoms. The lowest BCUT2D eigenvalue weighted by Gasteiger charge is -2.15. The van der Waals surface area contributed by atoms with E-state index in [1.807, 2.05) is 24.3 Å². The van der Waals surface area contributed by atoms with Gasteiger partial charge in [0.1, 0.15) is 10.7 Å². The van der Waals surface area contributed by atoms with E-state index < -0.39 is 0 Å². The van der Waals surface area contributed by atoms with Crippen LogP contribution >= 0.6 is 12.2 Å². The van der Waals surface area contributed by atoms with Crippen LogP contribution in [0.3, 0.4) is 0 Å². The number of rotatable bonds is 7. The first-order chi connectivity index (χ1) is 10.1. The Kier molecular flexibility index (Phi) is 5.52. The monoisotopic (exact) mass is 307 g/mol. The van der Waals surface area contributed by atoms with Gasteiger partial charge in [-0.3, -0.25) is 4.79 Å². The maximum absolute atomic E-state index is 11.1. The molecule has 0 saturated carbocycles. The van der Waals surface area contributed by atoms with Crippen LogP contribution in [0.2, 0.25) is 0 Å². The molecule has 1 amide bonds. The molecule has 0 bridgehead atoms. The van der Waals surface area contributed by atoms with Crippen LogP contribution in [0.15, 0.2) is 24.3 Å². The lowest BCUT2D eigenvalue weighted by molar-refractivity contribution is -0.121. The van der Waals surface area contributed by atoms with Crippen LogP contribution in [0, 0.1) is 5.92 Å². The van der Waals surface area contributed by atoms with Crippen molar-refractivity contribution in [3.8, 4) is 5.75 Å². The van der Waals surface area contributed by atoms with Crippen LogP contribution < -0.4 is 16.2 Å². The zero-order valence-corrected chi connectivity index (χ0v) is 12.8. The minimum absolute atomic E-state index is 0.0126. The quantitative estimate of drug-likeness (QED) is 0.578. The van der Waals surface area contributed by atoms with E-state index in [2.05, 4.69) is 4.90 Å². The Labute approximate surface area is 130 Å². The fourth-order valence-corrected chi connectivity index (χ4v) is 2.60. The van der Waals surface area contributed by atoms with E-state index in [0.29, 0.717) is 11.6 Å². The Balaban J connectivity index is 1.66. The van der Waals surface area contributed by atoms with Crippen molar-refractivity contribution in [3.05, 3.63) is 29.8 Å². The summed E-state index contributed by atoms with van der Waals surface area (Å²) in [6.07, 6.45) is 1.79. The van der Waals surface area contributed by atoms with E-state index in [0.717, 1.165) is 43.8 Å². The topological polar surface area (TPSA) is 81.6 Å². The molecule has 2 rings (SSSR count). The number of hydrogen-bond donors (Lipinski definition) is 2. The van der Waals surface area contributed by atoms with Crippen molar-refractivity contribution in [1.29, 1.82) is 0 Å². The summed E-state index contributed by atoms with van der Waals surface area (Å²) in [4.78, 5) is 13.7. The molecule has 1 aromatic carbocycles. The van der Waals surface area contributed by atoms with Crippen molar-refractivity contribution in [1.82, 2.24) is 4.90 Å². The van der Waals surface area contributed by atoms with Gasteiger partial charge in [0.2, 0.25) is 5.91 Å². The lowest BCUT2D eigenvalue weighted by Crippen LogP contribution is -2.28. The largest absolute Gasteiger partial charge is 0.494 e. The third kappa shape index (κ3) is 4.68. The third-order valence-electron chi connectivity index (χ3n) is 3.70. The van der Waals surface area contributed by atoms with Gasteiger partial charge in [0.05, 0.1) is 12.5 Å². The summed E-state index contributed by atoms with van der Waals surface area (Å²) in [6.45, 7) is 3.28. The van der Waals surface area contributed by atoms with Crippen LogP contribution in [0.5, 0.6) is 5.75 Å². The van der Waals surface area contributed by atoms with Crippen molar-refractivity contribution in [2.75, 3.05) is 26.2 Å². The van der Waals surface area contributed by atoms with Crippen LogP contribution in [0.1, 0.15) is 18.4 Å². The van der Waals surface area contributed by atoms with Gasteiger partial charge in [0.25, 0.3) is 0 Å². The molecular formula is C15H21N3O2S. The van der Waals surface area contributed by atoms with Gasteiger partial charge in [-0.2, -0.15) is 0 Å². The maximum Gasteiger partial charge on any atom is 0.221 e. The summed E-state index contributed by atoms with van der Waals surface area (Å²) in [6, 6.07) is 7.45. The number of carbonyl (C=O) groups excluding carboxylic acids is 1. The summed E-state index contributed by atoms with van der Waals surface area (Å²) in [5.74, 6) is 0.636. The average Bonchev–Trinajstić information content (AvgIpc) is 2.93. The predicted octanol–water partition coefficient (Wildman–Crippen LogP) is 0.897. The molecule has 1 aliphatic heterocycles. The highest BCUT2D eigenvalue weighted by atomic mass is 32.1. The molecule has 4 N–H and O–H groups in total. The fraction of sp³-hybridized carbons (Fsp3) is 0.467. The SMILES string of the molecule is NC(=O)C1CCN(CCCOc2ccc(C(N)=S)cc2)C1. The fourth-order valence-electron chi connectivity index (χ4n) is 2.46. The third-order valence-corrected chi connectivity index (χ3v) is 3.94. The van der Waals surface area contributed by atoms with E-state index in [1.165, 1.54) is 0 Å². The zero-order chi connectivity index (χ0) is 15.2. The molecule has 0 radical (unpaired) electrons. The van der Waals surface area contributed by atoms with Crippen LogP contribution in [-0.2, 0) is 4.79 Å². The number of ether oxygens (including phenoxy) is 1. The van der Waals surface area contributed by atoms with Crippen molar-refractivity contribution >= 4 is 23.1 Å². The van der Waals surface area contributed by atoms with E-state index in [-0.39, 0.29) is 11.8 Å². The van der Waals surface area contributed by atoms with E-state index in [1.54, 1.807) is 0 Å². The molecule has 1 saturated heterocycles. The van der Waals surface area contributed by atoms with Gasteiger partial charge in [-0.25, -0.2) is 0 Å². The van der Waals surface area contributed by atoms with Crippen molar-refractivity contribution in [3.63, 3.8) is 0 Å². The first kappa shape index (κ1) is 15.7. The zero-order valence-electron chi connectivity index (χ0n) is 12.0. The number of nitrogens with two attached hydrogens (primary N) is 2. The smallest absolute Gasteiger partial charge is 0.221 e. The second-order valence-electron chi connectivity index (χ2n) is 5.28. The normalized spacial score (nSPS) is 18.6. The number of thiocarbonyl (C=S) groups is 1. The van der Waals surface area contributed by atoms with Gasteiger partial charge in [-0.1, -0.05) is 12.2 Å². The molecule has 5 nitrogen and oxygen atoms in total. The van der Waals surface area contributed by atoms with E-state index in [9.17, 15) is 4.79 Å². The van der Waals surface area contributed by atoms with Crippen molar-refractivity contribution in [2.24, 2.45) is 17.4 Å². The van der Waals surface area contributed by atoms with Crippen molar-refractivity contribution < 1.29 is 9.53 Å². The number of nitrogens with zero attached hydrogens (tertiary/aromatic N) is 1. The second kappa shape index (κ2) is 7.38. The molecule has 1 atom stereocenters. The van der Waals surface area contributed by atoms with Gasteiger partial charge >= 0.3 is 0 Å². The molecular weight excluding hydrogens is 286 g/mol. The van der Waals surface area contributed by atoms with Crippen LogP contribution in [-0.4, -0.2) is 42.0 Å². The average molecular weight is 307 g/mol. The Morgan fingerprint density at radius 3 is 2.62 bits per heavy atom. The Morgan fingerprint density at radius 1 is 1.33 bits per heavy atom. The van der Waals surface area contributed by atoms with Gasteiger partial charge in [-0.05, 0) is 43.7 Å². The molecule has 6 heteroatoms. The van der Waals surface area contributed by atoms with Gasteiger partial charge in [0, 0.05) is 18.7 Å². The maximum atomic E-state index is 11.1. The first-order valence-corrected chi connectivity index (χ1v) is 7.51. The molecule has 1 fully saturated rings. The molecule has 1 unspecified atom stereocenters. The van der Waals surface area contributed by atoms with Gasteiger partial charge in [0.15, 0.2) is 0 Å². The summed E-state index contributed by atoms with van der Waals surface area (Å²) >= 11 is 4.90. The molecule has 0 aromatic heterocycles. The number of benzene rings is 1. The summed E-state index contributed by atoms with van der Waals surface area (Å²) in [5.41, 5.74) is 11.7. The minimum Gasteiger partial charge on any atom is -0.494 e. The highest BCUT2D eigenvalue weighted by Crippen LogP contribution is 2.16. The van der Waals surface area contributed by atoms with Crippen molar-refractivity contribution in [2.45, 2.75) is 12.8 Å². The number of likely N-dealkylation sites (tertiary alicyclic amines) is 1. The predicted molar refractivity (Wildman–Crippen MR) is 86.2 cm³/mol. The lowest BCUT2D eigenvalue weighted by atomic mass is 10.1. The summed E-state index contributed by atoms with van der Waals surface area (Å²) in [7, 11) is 0. The standard InChI is InChI=1S/C15H21N3O2S/c16-14(19)12-6-8-18(10-12)7-1-9-20-13-4-2-11(3-5-13)15(17)21/h2-5,12H,1,6-10H2,(H2,16,19)(H2,17,21). The number of carbonyl (C=O) groups is 1. The molecule has 1 aromatic rings. The summed E-state index contributed by atoms with van der Waals surface area (Å²) in [5, 5.41) is 0. The molecule has 1 aliphatic rings. The highest BCUT2D eigenvalue weighted by Gasteiger charge is 2.25. The number of hydrogen-bond acceptors (Lipinski definition) is 4. The van der Waals surface area contributed by atoms with Gasteiger partial charge in [-0.15, -0.1) is 0 Å². The van der Waals surface area contributed by atoms with Crippen LogP contribution in [0.4, 0.5) is 0 Å². The first-order valence-electron chi connectivity index (χ1n) is 7.10. The minimum atomic E-state index is -0.188. The second-order valence-corrected chi connectivity index (χ2v) is 5.72. The Morgan fingerprint density at radius 2 is 2.05 bits per heavy atom. The van der Waals surface area contributed by atoms with Crippen LogP contribution in [0.25, 0.3) is 0 Å². The Bertz CT molecular complexity index is 504. The van der Waals surface area contributed by atoms with Gasteiger partial charge < -0.3 is 21.1 Å². The summed E-state index contributed by atoms with van der Waals surface area (Å²) < 4.78 is 5.67. The molecule has 21 heavy (non-hydrogen) atoms. The molecule has 114 valence electrons.